The number of amides is 1. The van der Waals surface area contributed by atoms with Gasteiger partial charge in [0, 0.05) is 23.8 Å². The van der Waals surface area contributed by atoms with Crippen LogP contribution in [0.15, 0.2) is 36.8 Å². The zero-order valence-corrected chi connectivity index (χ0v) is 15.2. The van der Waals surface area contributed by atoms with Crippen molar-refractivity contribution in [2.45, 2.75) is 32.6 Å². The number of nitriles is 1. The van der Waals surface area contributed by atoms with E-state index in [1.165, 1.54) is 19.3 Å². The monoisotopic (exact) mass is 360 g/mol. The van der Waals surface area contributed by atoms with Gasteiger partial charge in [-0.25, -0.2) is 4.68 Å². The molecule has 3 aromatic heterocycles. The Morgan fingerprint density at radius 2 is 2.00 bits per heavy atom. The Morgan fingerprint density at radius 3 is 2.63 bits per heavy atom. The first kappa shape index (κ1) is 17.2. The molecule has 1 aliphatic heterocycles. The number of aryl methyl sites for hydroxylation is 1. The molecular formula is C20H20N6O. The summed E-state index contributed by atoms with van der Waals surface area (Å²) in [4.78, 5) is 22.5. The van der Waals surface area contributed by atoms with Crippen molar-refractivity contribution in [3.8, 4) is 11.8 Å². The molecule has 4 heterocycles. The number of pyridine rings is 2. The SMILES string of the molecule is C1CC1.Cc1ccc(-n2nc(N3CCC(C#N)C3=O)c3ccncc32)cn1. The average Bonchev–Trinajstić information content (AvgIpc) is 3.47. The molecule has 1 unspecified atom stereocenters. The van der Waals surface area contributed by atoms with Gasteiger partial charge < -0.3 is 0 Å². The van der Waals surface area contributed by atoms with Gasteiger partial charge in [0.25, 0.3) is 0 Å². The minimum absolute atomic E-state index is 0.192. The lowest BCUT2D eigenvalue weighted by Crippen LogP contribution is -2.27. The summed E-state index contributed by atoms with van der Waals surface area (Å²) in [5.74, 6) is -0.216. The number of rotatable bonds is 2. The summed E-state index contributed by atoms with van der Waals surface area (Å²) in [5, 5.41) is 14.5. The predicted molar refractivity (Wildman–Crippen MR) is 101 cm³/mol. The number of fused-ring (bicyclic) bond motifs is 1. The van der Waals surface area contributed by atoms with E-state index in [4.69, 9.17) is 5.26 Å². The van der Waals surface area contributed by atoms with Crippen LogP contribution in [-0.4, -0.2) is 32.2 Å². The smallest absolute Gasteiger partial charge is 0.245 e. The Kier molecular flexibility index (Phi) is 4.55. The van der Waals surface area contributed by atoms with Crippen molar-refractivity contribution in [1.82, 2.24) is 19.7 Å². The van der Waals surface area contributed by atoms with Crippen LogP contribution in [0.4, 0.5) is 5.82 Å². The van der Waals surface area contributed by atoms with Crippen LogP contribution in [0.25, 0.3) is 16.6 Å². The molecule has 0 aromatic carbocycles. The first-order valence-electron chi connectivity index (χ1n) is 9.16. The molecule has 7 nitrogen and oxygen atoms in total. The van der Waals surface area contributed by atoms with Gasteiger partial charge in [0.2, 0.25) is 5.91 Å². The minimum atomic E-state index is -0.590. The Bertz CT molecular complexity index is 1010. The van der Waals surface area contributed by atoms with Crippen LogP contribution in [0.3, 0.4) is 0 Å². The molecule has 1 aliphatic carbocycles. The van der Waals surface area contributed by atoms with Gasteiger partial charge in [0.15, 0.2) is 5.82 Å². The van der Waals surface area contributed by atoms with Gasteiger partial charge in [-0.15, -0.1) is 5.10 Å². The molecule has 0 radical (unpaired) electrons. The fourth-order valence-corrected chi connectivity index (χ4v) is 2.94. The summed E-state index contributed by atoms with van der Waals surface area (Å²) in [7, 11) is 0. The van der Waals surface area contributed by atoms with Crippen molar-refractivity contribution in [1.29, 1.82) is 5.26 Å². The van der Waals surface area contributed by atoms with Gasteiger partial charge in [0.1, 0.15) is 5.92 Å². The van der Waals surface area contributed by atoms with Gasteiger partial charge in [-0.1, -0.05) is 19.3 Å². The maximum Gasteiger partial charge on any atom is 0.245 e. The predicted octanol–water partition coefficient (Wildman–Crippen LogP) is 3.17. The van der Waals surface area contributed by atoms with E-state index in [1.54, 1.807) is 28.2 Å². The number of aromatic nitrogens is 4. The van der Waals surface area contributed by atoms with Crippen molar-refractivity contribution in [2.75, 3.05) is 11.4 Å². The van der Waals surface area contributed by atoms with Crippen LogP contribution in [-0.2, 0) is 4.79 Å². The van der Waals surface area contributed by atoms with E-state index in [-0.39, 0.29) is 5.91 Å². The Balaban J connectivity index is 0.000000547. The number of carbonyl (C=O) groups excluding carboxylic acids is 1. The third-order valence-electron chi connectivity index (χ3n) is 4.57. The van der Waals surface area contributed by atoms with Crippen LogP contribution in [0, 0.1) is 24.2 Å². The number of anilines is 1. The van der Waals surface area contributed by atoms with Gasteiger partial charge in [0.05, 0.1) is 29.7 Å². The number of hydrogen-bond donors (Lipinski definition) is 0. The second-order valence-electron chi connectivity index (χ2n) is 6.81. The third kappa shape index (κ3) is 3.38. The van der Waals surface area contributed by atoms with Crippen LogP contribution < -0.4 is 4.90 Å². The number of carbonyl (C=O) groups is 1. The van der Waals surface area contributed by atoms with Crippen molar-refractivity contribution in [3.05, 3.63) is 42.5 Å². The highest BCUT2D eigenvalue weighted by molar-refractivity contribution is 6.04. The molecule has 3 aromatic rings. The summed E-state index contributed by atoms with van der Waals surface area (Å²) in [6, 6.07) is 7.73. The van der Waals surface area contributed by atoms with Crippen molar-refractivity contribution >= 4 is 22.6 Å². The van der Waals surface area contributed by atoms with Gasteiger partial charge in [-0.2, -0.15) is 5.26 Å². The van der Waals surface area contributed by atoms with E-state index >= 15 is 0 Å². The summed E-state index contributed by atoms with van der Waals surface area (Å²) in [6.45, 7) is 2.42. The minimum Gasteiger partial charge on any atom is -0.294 e. The molecule has 2 fully saturated rings. The van der Waals surface area contributed by atoms with E-state index < -0.39 is 5.92 Å². The molecule has 1 saturated carbocycles. The highest BCUT2D eigenvalue weighted by Crippen LogP contribution is 2.31. The molecular weight excluding hydrogens is 340 g/mol. The molecule has 0 spiro atoms. The van der Waals surface area contributed by atoms with Crippen molar-refractivity contribution in [2.24, 2.45) is 5.92 Å². The Labute approximate surface area is 157 Å². The topological polar surface area (TPSA) is 87.7 Å². The van der Waals surface area contributed by atoms with E-state index in [1.807, 2.05) is 25.1 Å². The lowest BCUT2D eigenvalue weighted by molar-refractivity contribution is -0.119. The maximum absolute atomic E-state index is 12.4. The quantitative estimate of drug-likeness (QED) is 0.700. The molecule has 1 atom stereocenters. The molecule has 27 heavy (non-hydrogen) atoms. The lowest BCUT2D eigenvalue weighted by atomic mass is 10.1. The first-order chi connectivity index (χ1) is 13.2. The van der Waals surface area contributed by atoms with Crippen LogP contribution in [0.2, 0.25) is 0 Å². The van der Waals surface area contributed by atoms with Crippen molar-refractivity contribution in [3.63, 3.8) is 0 Å². The summed E-state index contributed by atoms with van der Waals surface area (Å²) >= 11 is 0. The molecule has 1 amide bonds. The van der Waals surface area contributed by atoms with E-state index in [9.17, 15) is 4.79 Å². The molecule has 5 rings (SSSR count). The number of nitrogens with zero attached hydrogens (tertiary/aromatic N) is 6. The number of hydrogen-bond acceptors (Lipinski definition) is 5. The Hall–Kier alpha value is -3.27. The summed E-state index contributed by atoms with van der Waals surface area (Å²) in [5.41, 5.74) is 2.51. The fourth-order valence-electron chi connectivity index (χ4n) is 2.94. The van der Waals surface area contributed by atoms with E-state index in [0.717, 1.165) is 22.3 Å². The highest BCUT2D eigenvalue weighted by Gasteiger charge is 2.35. The molecule has 0 bridgehead atoms. The van der Waals surface area contributed by atoms with E-state index in [0.29, 0.717) is 18.8 Å². The van der Waals surface area contributed by atoms with Crippen LogP contribution in [0.1, 0.15) is 31.4 Å². The molecule has 7 heteroatoms. The lowest BCUT2D eigenvalue weighted by Gasteiger charge is -2.12. The summed E-state index contributed by atoms with van der Waals surface area (Å²) < 4.78 is 1.73. The first-order valence-corrected chi connectivity index (χ1v) is 9.16. The van der Waals surface area contributed by atoms with Gasteiger partial charge in [-0.05, 0) is 31.5 Å². The maximum atomic E-state index is 12.4. The normalized spacial score (nSPS) is 18.1. The molecule has 0 N–H and O–H groups in total. The highest BCUT2D eigenvalue weighted by atomic mass is 16.2. The van der Waals surface area contributed by atoms with Crippen LogP contribution >= 0.6 is 0 Å². The average molecular weight is 360 g/mol. The van der Waals surface area contributed by atoms with Crippen molar-refractivity contribution < 1.29 is 4.79 Å². The third-order valence-corrected chi connectivity index (χ3v) is 4.57. The second kappa shape index (κ2) is 7.16. The van der Waals surface area contributed by atoms with Gasteiger partial charge >= 0.3 is 0 Å². The fraction of sp³-hybridized carbons (Fsp3) is 0.350. The summed E-state index contributed by atoms with van der Waals surface area (Å²) in [6.07, 6.45) is 10.2. The molecule has 136 valence electrons. The zero-order chi connectivity index (χ0) is 18.8. The van der Waals surface area contributed by atoms with Crippen LogP contribution in [0.5, 0.6) is 0 Å². The molecule has 1 saturated heterocycles. The zero-order valence-electron chi connectivity index (χ0n) is 15.2. The standard InChI is InChI=1S/C17H14N6O.C3H6/c1-11-2-3-13(9-20-11)23-15-10-19-6-4-14(15)16(21-23)22-7-5-12(8-18)17(22)24;1-2-3-1/h2-4,6,9-10,12H,5,7H2,1H3;1-3H2. The van der Waals surface area contributed by atoms with Gasteiger partial charge in [-0.3, -0.25) is 19.7 Å². The molecule has 2 aliphatic rings. The van der Waals surface area contributed by atoms with E-state index in [2.05, 4.69) is 21.1 Å². The largest absolute Gasteiger partial charge is 0.294 e. The Morgan fingerprint density at radius 1 is 1.19 bits per heavy atom. The second-order valence-corrected chi connectivity index (χ2v) is 6.81.